The van der Waals surface area contributed by atoms with Gasteiger partial charge in [0.05, 0.1) is 0 Å². The van der Waals surface area contributed by atoms with Gasteiger partial charge < -0.3 is 10.3 Å². The van der Waals surface area contributed by atoms with Crippen LogP contribution < -0.4 is 5.32 Å². The summed E-state index contributed by atoms with van der Waals surface area (Å²) in [5.41, 5.74) is 7.25. The van der Waals surface area contributed by atoms with Crippen molar-refractivity contribution in [1.82, 2.24) is 10.3 Å². The molecule has 2 aliphatic carbocycles. The van der Waals surface area contributed by atoms with Crippen molar-refractivity contribution in [3.8, 4) is 0 Å². The van der Waals surface area contributed by atoms with Gasteiger partial charge in [-0.3, -0.25) is 0 Å². The maximum atomic E-state index is 3.95. The van der Waals surface area contributed by atoms with Crippen LogP contribution in [0, 0.1) is 0 Å². The van der Waals surface area contributed by atoms with Gasteiger partial charge in [0, 0.05) is 33.2 Å². The lowest BCUT2D eigenvalue weighted by atomic mass is 9.91. The number of aryl methyl sites for hydroxylation is 1. The molecule has 0 aliphatic heterocycles. The first-order chi connectivity index (χ1) is 11.8. The van der Waals surface area contributed by atoms with Crippen LogP contribution in [-0.2, 0) is 19.3 Å². The van der Waals surface area contributed by atoms with Gasteiger partial charge in [0.1, 0.15) is 0 Å². The second kappa shape index (κ2) is 5.75. The average molecular weight is 381 g/mol. The quantitative estimate of drug-likeness (QED) is 0.638. The number of halogens is 1. The highest BCUT2D eigenvalue weighted by Gasteiger charge is 2.28. The van der Waals surface area contributed by atoms with Gasteiger partial charge in [0.15, 0.2) is 0 Å². The van der Waals surface area contributed by atoms with E-state index in [1.807, 2.05) is 0 Å². The number of benzene rings is 2. The normalized spacial score (nSPS) is 20.3. The Labute approximate surface area is 150 Å². The molecule has 3 aromatic rings. The maximum Gasteiger partial charge on any atom is 0.0478 e. The summed E-state index contributed by atoms with van der Waals surface area (Å²) in [7, 11) is 0. The zero-order valence-corrected chi connectivity index (χ0v) is 15.2. The molecule has 0 bridgehead atoms. The number of nitrogens with one attached hydrogen (secondary N) is 2. The highest BCUT2D eigenvalue weighted by molar-refractivity contribution is 9.10. The first kappa shape index (κ1) is 14.7. The van der Waals surface area contributed by atoms with Crippen LogP contribution in [-0.4, -0.2) is 11.0 Å². The second-order valence-corrected chi connectivity index (χ2v) is 8.11. The molecule has 3 heteroatoms. The molecule has 1 atom stereocenters. The molecule has 1 aromatic heterocycles. The lowest BCUT2D eigenvalue weighted by Crippen LogP contribution is -2.35. The summed E-state index contributed by atoms with van der Waals surface area (Å²) in [4.78, 5) is 3.71. The van der Waals surface area contributed by atoms with Crippen molar-refractivity contribution < 1.29 is 0 Å². The fraction of sp³-hybridized carbons (Fsp3) is 0.333. The van der Waals surface area contributed by atoms with E-state index in [9.17, 15) is 0 Å². The Morgan fingerprint density at radius 3 is 2.62 bits per heavy atom. The zero-order chi connectivity index (χ0) is 16.1. The third-order valence-corrected chi connectivity index (χ3v) is 6.15. The van der Waals surface area contributed by atoms with Crippen LogP contribution in [0.2, 0.25) is 0 Å². The van der Waals surface area contributed by atoms with Gasteiger partial charge in [-0.2, -0.15) is 0 Å². The van der Waals surface area contributed by atoms with E-state index in [-0.39, 0.29) is 0 Å². The van der Waals surface area contributed by atoms with Crippen LogP contribution in [0.4, 0.5) is 0 Å². The van der Waals surface area contributed by atoms with Crippen LogP contribution in [0.25, 0.3) is 10.9 Å². The average Bonchev–Trinajstić information content (AvgIpc) is 3.15. The zero-order valence-electron chi connectivity index (χ0n) is 13.6. The second-order valence-electron chi connectivity index (χ2n) is 7.19. The van der Waals surface area contributed by atoms with Crippen molar-refractivity contribution >= 4 is 26.8 Å². The molecule has 1 heterocycles. The molecule has 0 amide bonds. The summed E-state index contributed by atoms with van der Waals surface area (Å²) >= 11 is 3.59. The van der Waals surface area contributed by atoms with E-state index in [1.54, 1.807) is 0 Å². The highest BCUT2D eigenvalue weighted by Crippen LogP contribution is 2.36. The van der Waals surface area contributed by atoms with E-state index in [2.05, 4.69) is 68.7 Å². The van der Waals surface area contributed by atoms with E-state index >= 15 is 0 Å². The molecule has 0 spiro atoms. The summed E-state index contributed by atoms with van der Waals surface area (Å²) in [5, 5.41) is 5.35. The number of H-pyrrole nitrogens is 1. The van der Waals surface area contributed by atoms with Crippen LogP contribution in [0.15, 0.2) is 46.9 Å². The van der Waals surface area contributed by atoms with Gasteiger partial charge in [-0.15, -0.1) is 0 Å². The Bertz CT molecular complexity index is 886. The first-order valence-corrected chi connectivity index (χ1v) is 9.70. The van der Waals surface area contributed by atoms with Gasteiger partial charge in [0.2, 0.25) is 0 Å². The molecule has 1 unspecified atom stereocenters. The molecule has 2 aliphatic rings. The summed E-state index contributed by atoms with van der Waals surface area (Å²) in [5.74, 6) is 0. The fourth-order valence-electron chi connectivity index (χ4n) is 4.57. The topological polar surface area (TPSA) is 27.8 Å². The smallest absolute Gasteiger partial charge is 0.0478 e. The van der Waals surface area contributed by atoms with E-state index in [0.29, 0.717) is 12.1 Å². The summed E-state index contributed by atoms with van der Waals surface area (Å²) in [6.07, 6.45) is 6.02. The summed E-state index contributed by atoms with van der Waals surface area (Å²) < 4.78 is 1.14. The molecular formula is C21H21BrN2. The van der Waals surface area contributed by atoms with Gasteiger partial charge in [-0.1, -0.05) is 46.3 Å². The molecule has 122 valence electrons. The number of aromatic nitrogens is 1. The van der Waals surface area contributed by atoms with Crippen molar-refractivity contribution in [3.05, 3.63) is 69.3 Å². The van der Waals surface area contributed by atoms with Crippen LogP contribution in [0.3, 0.4) is 0 Å². The standard InChI is InChI=1S/C21H21BrN2/c22-15-8-9-17-18-6-3-7-19(21(18)24-20(17)12-15)23-16-10-13-4-1-2-5-14(13)11-16/h1-2,4-5,8-9,12,16,19,23-24H,3,6-7,10-11H2. The third-order valence-electron chi connectivity index (χ3n) is 5.66. The van der Waals surface area contributed by atoms with E-state index in [1.165, 1.54) is 52.5 Å². The lowest BCUT2D eigenvalue weighted by molar-refractivity contribution is 0.396. The number of hydrogen-bond acceptors (Lipinski definition) is 1. The number of aromatic amines is 1. The van der Waals surface area contributed by atoms with Crippen molar-refractivity contribution in [2.45, 2.75) is 44.2 Å². The van der Waals surface area contributed by atoms with Crippen molar-refractivity contribution in [2.24, 2.45) is 0 Å². The van der Waals surface area contributed by atoms with Crippen LogP contribution >= 0.6 is 15.9 Å². The number of fused-ring (bicyclic) bond motifs is 4. The Hall–Kier alpha value is -1.58. The molecule has 2 nitrogen and oxygen atoms in total. The minimum Gasteiger partial charge on any atom is -0.357 e. The Kier molecular flexibility index (Phi) is 3.53. The summed E-state index contributed by atoms with van der Waals surface area (Å²) in [6, 6.07) is 16.5. The molecular weight excluding hydrogens is 360 g/mol. The summed E-state index contributed by atoms with van der Waals surface area (Å²) in [6.45, 7) is 0. The monoisotopic (exact) mass is 380 g/mol. The Balaban J connectivity index is 1.44. The van der Waals surface area contributed by atoms with Gasteiger partial charge >= 0.3 is 0 Å². The highest BCUT2D eigenvalue weighted by atomic mass is 79.9. The first-order valence-electron chi connectivity index (χ1n) is 8.91. The molecule has 5 rings (SSSR count). The van der Waals surface area contributed by atoms with Crippen molar-refractivity contribution in [2.75, 3.05) is 0 Å². The molecule has 24 heavy (non-hydrogen) atoms. The van der Waals surface area contributed by atoms with Crippen LogP contribution in [0.5, 0.6) is 0 Å². The number of hydrogen-bond donors (Lipinski definition) is 2. The van der Waals surface area contributed by atoms with E-state index in [4.69, 9.17) is 0 Å². The molecule has 0 radical (unpaired) electrons. The number of rotatable bonds is 2. The third kappa shape index (κ3) is 2.42. The minimum absolute atomic E-state index is 0.458. The Morgan fingerprint density at radius 1 is 1.04 bits per heavy atom. The fourth-order valence-corrected chi connectivity index (χ4v) is 4.93. The lowest BCUT2D eigenvalue weighted by Gasteiger charge is -2.27. The molecule has 0 saturated heterocycles. The van der Waals surface area contributed by atoms with Crippen molar-refractivity contribution in [3.63, 3.8) is 0 Å². The van der Waals surface area contributed by atoms with Crippen LogP contribution in [0.1, 0.15) is 41.3 Å². The van der Waals surface area contributed by atoms with Gasteiger partial charge in [0.25, 0.3) is 0 Å². The SMILES string of the molecule is Brc1ccc2c3c([nH]c2c1)C(NC1Cc2ccccc2C1)CCC3. The predicted octanol–water partition coefficient (Wildman–Crippen LogP) is 5.06. The molecule has 0 fully saturated rings. The van der Waals surface area contributed by atoms with Gasteiger partial charge in [-0.05, 0) is 60.9 Å². The van der Waals surface area contributed by atoms with E-state index < -0.39 is 0 Å². The molecule has 2 N–H and O–H groups in total. The maximum absolute atomic E-state index is 3.95. The molecule has 2 aromatic carbocycles. The predicted molar refractivity (Wildman–Crippen MR) is 102 cm³/mol. The largest absolute Gasteiger partial charge is 0.357 e. The van der Waals surface area contributed by atoms with Crippen molar-refractivity contribution in [1.29, 1.82) is 0 Å². The minimum atomic E-state index is 0.458. The van der Waals surface area contributed by atoms with Gasteiger partial charge in [-0.25, -0.2) is 0 Å². The Morgan fingerprint density at radius 2 is 1.83 bits per heavy atom. The van der Waals surface area contributed by atoms with E-state index in [0.717, 1.165) is 17.3 Å². The molecule has 0 saturated carbocycles.